The maximum absolute atomic E-state index is 14.6. The lowest BCUT2D eigenvalue weighted by molar-refractivity contribution is -0.136. The third kappa shape index (κ3) is 4.95. The van der Waals surface area contributed by atoms with E-state index >= 15 is 0 Å². The average molecular weight is 418 g/mol. The number of hydrogen-bond acceptors (Lipinski definition) is 4. The van der Waals surface area contributed by atoms with Crippen LogP contribution in [0.1, 0.15) is 11.1 Å². The Morgan fingerprint density at radius 1 is 1.03 bits per heavy atom. The Morgan fingerprint density at radius 3 is 2.42 bits per heavy atom. The summed E-state index contributed by atoms with van der Waals surface area (Å²) in [4.78, 5) is 26.8. The number of aliphatic imine (C=N–C) groups is 1. The van der Waals surface area contributed by atoms with E-state index in [1.807, 2.05) is 30.3 Å². The summed E-state index contributed by atoms with van der Waals surface area (Å²) < 4.78 is 20.2. The lowest BCUT2D eigenvalue weighted by Crippen LogP contribution is -2.22. The predicted molar refractivity (Wildman–Crippen MR) is 114 cm³/mol. The summed E-state index contributed by atoms with van der Waals surface area (Å²) in [5.74, 6) is -1.72. The molecule has 2 N–H and O–H groups in total. The average Bonchev–Trinajstić information content (AvgIpc) is 3.08. The molecule has 3 aromatic rings. The largest absolute Gasteiger partial charge is 0.481 e. The molecular formula is C24H19FN2O4. The van der Waals surface area contributed by atoms with Gasteiger partial charge in [-0.1, -0.05) is 54.6 Å². The molecule has 6 nitrogen and oxygen atoms in total. The van der Waals surface area contributed by atoms with Gasteiger partial charge in [-0.3, -0.25) is 9.59 Å². The summed E-state index contributed by atoms with van der Waals surface area (Å²) in [7, 11) is 0. The molecule has 7 heteroatoms. The molecule has 4 rings (SSSR count). The molecular weight excluding hydrogens is 399 g/mol. The van der Waals surface area contributed by atoms with Crippen molar-refractivity contribution in [3.8, 4) is 11.1 Å². The van der Waals surface area contributed by atoms with Crippen LogP contribution in [0.25, 0.3) is 11.1 Å². The number of carbonyl (C=O) groups excluding carboxylic acids is 1. The van der Waals surface area contributed by atoms with Gasteiger partial charge in [-0.15, -0.1) is 0 Å². The van der Waals surface area contributed by atoms with Crippen LogP contribution in [-0.2, 0) is 27.2 Å². The first kappa shape index (κ1) is 20.3. The van der Waals surface area contributed by atoms with Gasteiger partial charge in [-0.25, -0.2) is 4.39 Å². The van der Waals surface area contributed by atoms with Gasteiger partial charge in [0.15, 0.2) is 6.10 Å². The molecule has 1 aliphatic heterocycles. The highest BCUT2D eigenvalue weighted by molar-refractivity contribution is 6.04. The van der Waals surface area contributed by atoms with Crippen molar-refractivity contribution in [3.63, 3.8) is 0 Å². The lowest BCUT2D eigenvalue weighted by Gasteiger charge is -2.12. The van der Waals surface area contributed by atoms with Crippen LogP contribution < -0.4 is 5.32 Å². The molecule has 0 aromatic heterocycles. The Labute approximate surface area is 178 Å². The summed E-state index contributed by atoms with van der Waals surface area (Å²) in [6, 6.07) is 20.9. The molecule has 0 saturated heterocycles. The van der Waals surface area contributed by atoms with Crippen molar-refractivity contribution in [2.45, 2.75) is 18.9 Å². The number of halogens is 1. The molecule has 0 bridgehead atoms. The lowest BCUT2D eigenvalue weighted by atomic mass is 10.0. The molecule has 0 saturated carbocycles. The highest BCUT2D eigenvalue weighted by Gasteiger charge is 2.29. The number of rotatable bonds is 6. The fourth-order valence-corrected chi connectivity index (χ4v) is 3.33. The number of hydrogen-bond donors (Lipinski definition) is 2. The van der Waals surface area contributed by atoms with Gasteiger partial charge in [0.2, 0.25) is 0 Å². The van der Waals surface area contributed by atoms with Crippen LogP contribution in [0.5, 0.6) is 0 Å². The fraction of sp³-hybridized carbons (Fsp3) is 0.125. The molecule has 156 valence electrons. The molecule has 0 aliphatic carbocycles. The van der Waals surface area contributed by atoms with Crippen LogP contribution in [0.3, 0.4) is 0 Å². The van der Waals surface area contributed by atoms with Crippen molar-refractivity contribution < 1.29 is 23.8 Å². The molecule has 31 heavy (non-hydrogen) atoms. The van der Waals surface area contributed by atoms with Gasteiger partial charge in [-0.2, -0.15) is 4.99 Å². The van der Waals surface area contributed by atoms with Gasteiger partial charge in [-0.05, 0) is 34.9 Å². The second kappa shape index (κ2) is 8.79. The minimum absolute atomic E-state index is 0.0577. The normalized spacial score (nSPS) is 15.3. The van der Waals surface area contributed by atoms with Crippen LogP contribution >= 0.6 is 0 Å². The van der Waals surface area contributed by atoms with Gasteiger partial charge >= 0.3 is 5.97 Å². The minimum atomic E-state index is -0.911. The zero-order valence-electron chi connectivity index (χ0n) is 16.4. The second-order valence-electron chi connectivity index (χ2n) is 7.14. The Kier molecular flexibility index (Phi) is 5.75. The van der Waals surface area contributed by atoms with Gasteiger partial charge in [0.1, 0.15) is 5.82 Å². The standard InChI is InChI=1S/C24H19FN2O4/c25-20-12-16(8-11-19(20)17-4-2-1-3-5-17)13-21-23(30)27-24(31-21)26-18-9-6-15(7-10-18)14-22(28)29/h1-12,21H,13-14H2,(H,28,29)(H,26,27,30). The zero-order chi connectivity index (χ0) is 21.8. The van der Waals surface area contributed by atoms with Crippen molar-refractivity contribution in [3.05, 3.63) is 89.7 Å². The molecule has 0 spiro atoms. The molecule has 1 unspecified atom stereocenters. The molecule has 1 amide bonds. The van der Waals surface area contributed by atoms with E-state index in [9.17, 15) is 14.0 Å². The van der Waals surface area contributed by atoms with Crippen LogP contribution in [-0.4, -0.2) is 29.1 Å². The van der Waals surface area contributed by atoms with Crippen molar-refractivity contribution in [1.29, 1.82) is 0 Å². The van der Waals surface area contributed by atoms with Gasteiger partial charge in [0.25, 0.3) is 11.9 Å². The number of amides is 1. The smallest absolute Gasteiger partial charge is 0.307 e. The summed E-state index contributed by atoms with van der Waals surface area (Å²) in [6.45, 7) is 0. The van der Waals surface area contributed by atoms with Crippen molar-refractivity contribution in [2.24, 2.45) is 4.99 Å². The molecule has 1 aliphatic rings. The van der Waals surface area contributed by atoms with E-state index in [0.717, 1.165) is 5.56 Å². The van der Waals surface area contributed by atoms with Crippen molar-refractivity contribution in [1.82, 2.24) is 0 Å². The number of carboxylic acid groups (broad SMARTS) is 1. The number of aliphatic carboxylic acids is 1. The first-order valence-electron chi connectivity index (χ1n) is 9.69. The quantitative estimate of drug-likeness (QED) is 0.630. The number of ether oxygens (including phenoxy) is 1. The van der Waals surface area contributed by atoms with Crippen molar-refractivity contribution in [2.75, 3.05) is 5.32 Å². The number of amidine groups is 1. The van der Waals surface area contributed by atoms with Crippen LogP contribution in [0.4, 0.5) is 10.1 Å². The first-order chi connectivity index (χ1) is 15.0. The topological polar surface area (TPSA) is 88.0 Å². The fourth-order valence-electron chi connectivity index (χ4n) is 3.33. The summed E-state index contributed by atoms with van der Waals surface area (Å²) in [6.07, 6.45) is -0.717. The summed E-state index contributed by atoms with van der Waals surface area (Å²) in [5, 5.41) is 11.7. The zero-order valence-corrected chi connectivity index (χ0v) is 16.4. The highest BCUT2D eigenvalue weighted by Crippen LogP contribution is 2.25. The number of benzene rings is 3. The van der Waals surface area contributed by atoms with Crippen molar-refractivity contribution >= 4 is 23.6 Å². The number of anilines is 1. The van der Waals surface area contributed by atoms with E-state index < -0.39 is 18.0 Å². The minimum Gasteiger partial charge on any atom is -0.481 e. The molecule has 1 atom stereocenters. The monoisotopic (exact) mass is 418 g/mol. The Balaban J connectivity index is 1.38. The second-order valence-corrected chi connectivity index (χ2v) is 7.14. The maximum Gasteiger partial charge on any atom is 0.307 e. The van der Waals surface area contributed by atoms with Gasteiger partial charge in [0, 0.05) is 17.7 Å². The van der Waals surface area contributed by atoms with Gasteiger partial charge in [0.05, 0.1) is 6.42 Å². The Hall–Kier alpha value is -4.00. The molecule has 1 heterocycles. The number of nitrogens with one attached hydrogen (secondary N) is 1. The van der Waals surface area contributed by atoms with E-state index in [0.29, 0.717) is 22.4 Å². The number of nitrogens with zero attached hydrogens (tertiary/aromatic N) is 1. The van der Waals surface area contributed by atoms with Gasteiger partial charge < -0.3 is 15.2 Å². The summed E-state index contributed by atoms with van der Waals surface area (Å²) >= 11 is 0. The predicted octanol–water partition coefficient (Wildman–Crippen LogP) is 4.06. The van der Waals surface area contributed by atoms with Crippen LogP contribution in [0, 0.1) is 5.82 Å². The Morgan fingerprint density at radius 2 is 1.74 bits per heavy atom. The Bertz CT molecular complexity index is 1140. The number of carbonyl (C=O) groups is 2. The SMILES string of the molecule is O=C(O)Cc1ccc(NC2=NC(=O)C(Cc3ccc(-c4ccccc4)c(F)c3)O2)cc1. The maximum atomic E-state index is 14.6. The van der Waals surface area contributed by atoms with Crippen LogP contribution in [0.15, 0.2) is 77.8 Å². The van der Waals surface area contributed by atoms with E-state index in [1.165, 1.54) is 6.07 Å². The van der Waals surface area contributed by atoms with E-state index in [-0.39, 0.29) is 24.7 Å². The highest BCUT2D eigenvalue weighted by atomic mass is 19.1. The van der Waals surface area contributed by atoms with Crippen LogP contribution in [0.2, 0.25) is 0 Å². The molecule has 3 aromatic carbocycles. The first-order valence-corrected chi connectivity index (χ1v) is 9.69. The summed E-state index contributed by atoms with van der Waals surface area (Å²) in [5.41, 5.74) is 3.17. The third-order valence-corrected chi connectivity index (χ3v) is 4.84. The molecule has 0 radical (unpaired) electrons. The molecule has 0 fully saturated rings. The number of carboxylic acids is 1. The van der Waals surface area contributed by atoms with E-state index in [4.69, 9.17) is 9.84 Å². The van der Waals surface area contributed by atoms with E-state index in [1.54, 1.807) is 36.4 Å². The third-order valence-electron chi connectivity index (χ3n) is 4.84. The van der Waals surface area contributed by atoms with E-state index in [2.05, 4.69) is 10.3 Å².